The van der Waals surface area contributed by atoms with Crippen LogP contribution in [-0.2, 0) is 7.05 Å². The minimum atomic E-state index is 0.815. The van der Waals surface area contributed by atoms with E-state index in [1.807, 2.05) is 11.6 Å². The standard InChI is InChI=1S/C11H22N4S/c1-10(2)5-4-6-12-7-8-16-11-14-13-9-15(11)3/h9-10,12H,4-8H2,1-3H3. The fourth-order valence-corrected chi connectivity index (χ4v) is 2.16. The van der Waals surface area contributed by atoms with Gasteiger partial charge in [0.1, 0.15) is 6.33 Å². The lowest BCUT2D eigenvalue weighted by molar-refractivity contribution is 0.534. The topological polar surface area (TPSA) is 42.7 Å². The van der Waals surface area contributed by atoms with Crippen molar-refractivity contribution in [1.29, 1.82) is 0 Å². The fourth-order valence-electron chi connectivity index (χ4n) is 1.38. The largest absolute Gasteiger partial charge is 0.316 e. The van der Waals surface area contributed by atoms with Crippen LogP contribution in [0.5, 0.6) is 0 Å². The van der Waals surface area contributed by atoms with Crippen molar-refractivity contribution in [2.75, 3.05) is 18.8 Å². The Balaban J connectivity index is 1.94. The Labute approximate surface area is 102 Å². The predicted molar refractivity (Wildman–Crippen MR) is 68.7 cm³/mol. The lowest BCUT2D eigenvalue weighted by atomic mass is 10.1. The average Bonchev–Trinajstić information content (AvgIpc) is 2.62. The van der Waals surface area contributed by atoms with Gasteiger partial charge in [-0.25, -0.2) is 0 Å². The minimum absolute atomic E-state index is 0.815. The van der Waals surface area contributed by atoms with Crippen LogP contribution in [0.25, 0.3) is 0 Å². The molecule has 1 rings (SSSR count). The molecule has 0 aliphatic rings. The maximum atomic E-state index is 4.02. The Morgan fingerprint density at radius 2 is 2.25 bits per heavy atom. The van der Waals surface area contributed by atoms with Gasteiger partial charge in [-0.05, 0) is 25.3 Å². The van der Waals surface area contributed by atoms with Crippen LogP contribution in [0.1, 0.15) is 26.7 Å². The van der Waals surface area contributed by atoms with Crippen LogP contribution in [0, 0.1) is 5.92 Å². The highest BCUT2D eigenvalue weighted by molar-refractivity contribution is 7.99. The Kier molecular flexibility index (Phi) is 6.49. The summed E-state index contributed by atoms with van der Waals surface area (Å²) in [5.41, 5.74) is 0. The third-order valence-electron chi connectivity index (χ3n) is 2.31. The molecule has 0 saturated carbocycles. The van der Waals surface area contributed by atoms with Gasteiger partial charge >= 0.3 is 0 Å². The second kappa shape index (κ2) is 7.68. The van der Waals surface area contributed by atoms with E-state index in [0.29, 0.717) is 0 Å². The third kappa shape index (κ3) is 5.51. The zero-order valence-corrected chi connectivity index (χ0v) is 11.3. The van der Waals surface area contributed by atoms with Gasteiger partial charge in [0.05, 0.1) is 0 Å². The Morgan fingerprint density at radius 3 is 2.88 bits per heavy atom. The first-order chi connectivity index (χ1) is 7.70. The lowest BCUT2D eigenvalue weighted by Crippen LogP contribution is -2.18. The molecule has 92 valence electrons. The van der Waals surface area contributed by atoms with Crippen LogP contribution < -0.4 is 5.32 Å². The van der Waals surface area contributed by atoms with Gasteiger partial charge in [-0.1, -0.05) is 25.6 Å². The monoisotopic (exact) mass is 242 g/mol. The highest BCUT2D eigenvalue weighted by Crippen LogP contribution is 2.11. The van der Waals surface area contributed by atoms with Crippen molar-refractivity contribution in [2.45, 2.75) is 31.8 Å². The molecule has 1 aromatic rings. The van der Waals surface area contributed by atoms with E-state index < -0.39 is 0 Å². The molecule has 0 radical (unpaired) electrons. The zero-order valence-electron chi connectivity index (χ0n) is 10.4. The average molecular weight is 242 g/mol. The molecule has 0 fully saturated rings. The third-order valence-corrected chi connectivity index (χ3v) is 3.35. The second-order valence-electron chi connectivity index (χ2n) is 4.36. The molecule has 0 aromatic carbocycles. The van der Waals surface area contributed by atoms with Gasteiger partial charge in [0.2, 0.25) is 0 Å². The Morgan fingerprint density at radius 1 is 1.44 bits per heavy atom. The number of nitrogens with one attached hydrogen (secondary N) is 1. The molecule has 0 aliphatic heterocycles. The molecule has 1 N–H and O–H groups in total. The predicted octanol–water partition coefficient (Wildman–Crippen LogP) is 1.93. The molecule has 5 heteroatoms. The van der Waals surface area contributed by atoms with Crippen LogP contribution in [0.3, 0.4) is 0 Å². The van der Waals surface area contributed by atoms with Crippen molar-refractivity contribution in [2.24, 2.45) is 13.0 Å². The summed E-state index contributed by atoms with van der Waals surface area (Å²) < 4.78 is 1.95. The first-order valence-corrected chi connectivity index (χ1v) is 6.86. The molecule has 0 bridgehead atoms. The summed E-state index contributed by atoms with van der Waals surface area (Å²) in [5, 5.41) is 12.3. The molecule has 1 heterocycles. The molecule has 0 amide bonds. The van der Waals surface area contributed by atoms with Gasteiger partial charge in [-0.2, -0.15) is 0 Å². The van der Waals surface area contributed by atoms with Crippen LogP contribution in [0.15, 0.2) is 11.5 Å². The zero-order chi connectivity index (χ0) is 11.8. The van der Waals surface area contributed by atoms with Gasteiger partial charge in [0.25, 0.3) is 0 Å². The van der Waals surface area contributed by atoms with Crippen molar-refractivity contribution >= 4 is 11.8 Å². The van der Waals surface area contributed by atoms with E-state index in [-0.39, 0.29) is 0 Å². The maximum absolute atomic E-state index is 4.02. The molecule has 4 nitrogen and oxygen atoms in total. The first-order valence-electron chi connectivity index (χ1n) is 5.87. The van der Waals surface area contributed by atoms with Gasteiger partial charge in [0.15, 0.2) is 5.16 Å². The van der Waals surface area contributed by atoms with Gasteiger partial charge in [-0.3, -0.25) is 0 Å². The van der Waals surface area contributed by atoms with Crippen molar-refractivity contribution in [3.8, 4) is 0 Å². The molecule has 0 saturated heterocycles. The maximum Gasteiger partial charge on any atom is 0.190 e. The molecular formula is C11H22N4S. The van der Waals surface area contributed by atoms with E-state index in [4.69, 9.17) is 0 Å². The molecular weight excluding hydrogens is 220 g/mol. The minimum Gasteiger partial charge on any atom is -0.316 e. The number of aromatic nitrogens is 3. The summed E-state index contributed by atoms with van der Waals surface area (Å²) in [6, 6.07) is 0. The second-order valence-corrected chi connectivity index (χ2v) is 5.42. The van der Waals surface area contributed by atoms with Crippen LogP contribution in [0.4, 0.5) is 0 Å². The van der Waals surface area contributed by atoms with Crippen LogP contribution in [-0.4, -0.2) is 33.6 Å². The molecule has 0 atom stereocenters. The first kappa shape index (κ1) is 13.5. The summed E-state index contributed by atoms with van der Waals surface area (Å²) in [5.74, 6) is 1.86. The number of nitrogens with zero attached hydrogens (tertiary/aromatic N) is 3. The quantitative estimate of drug-likeness (QED) is 0.559. The summed E-state index contributed by atoms with van der Waals surface area (Å²) >= 11 is 1.74. The van der Waals surface area contributed by atoms with Crippen LogP contribution >= 0.6 is 11.8 Å². The van der Waals surface area contributed by atoms with E-state index in [1.165, 1.54) is 12.8 Å². The number of hydrogen-bond acceptors (Lipinski definition) is 4. The van der Waals surface area contributed by atoms with E-state index >= 15 is 0 Å². The number of thioether (sulfide) groups is 1. The lowest BCUT2D eigenvalue weighted by Gasteiger charge is -2.06. The number of hydrogen-bond donors (Lipinski definition) is 1. The molecule has 16 heavy (non-hydrogen) atoms. The van der Waals surface area contributed by atoms with Gasteiger partial charge in [0, 0.05) is 19.3 Å². The number of rotatable bonds is 8. The summed E-state index contributed by atoms with van der Waals surface area (Å²) in [4.78, 5) is 0. The highest BCUT2D eigenvalue weighted by atomic mass is 32.2. The van der Waals surface area contributed by atoms with Gasteiger partial charge < -0.3 is 9.88 Å². The van der Waals surface area contributed by atoms with Crippen LogP contribution in [0.2, 0.25) is 0 Å². The van der Waals surface area contributed by atoms with E-state index in [2.05, 4.69) is 29.4 Å². The van der Waals surface area contributed by atoms with E-state index in [9.17, 15) is 0 Å². The Hall–Kier alpha value is -0.550. The van der Waals surface area contributed by atoms with Crippen molar-refractivity contribution in [3.63, 3.8) is 0 Å². The highest BCUT2D eigenvalue weighted by Gasteiger charge is 2.00. The van der Waals surface area contributed by atoms with E-state index in [1.54, 1.807) is 18.1 Å². The summed E-state index contributed by atoms with van der Waals surface area (Å²) in [7, 11) is 1.97. The number of aryl methyl sites for hydroxylation is 1. The fraction of sp³-hybridized carbons (Fsp3) is 0.818. The van der Waals surface area contributed by atoms with Crippen molar-refractivity contribution in [1.82, 2.24) is 20.1 Å². The van der Waals surface area contributed by atoms with Crippen molar-refractivity contribution < 1.29 is 0 Å². The molecule has 0 unspecified atom stereocenters. The molecule has 1 aromatic heterocycles. The summed E-state index contributed by atoms with van der Waals surface area (Å²) in [6.45, 7) is 6.70. The molecule has 0 spiro atoms. The van der Waals surface area contributed by atoms with Crippen molar-refractivity contribution in [3.05, 3.63) is 6.33 Å². The SMILES string of the molecule is CC(C)CCCNCCSc1nncn1C. The summed E-state index contributed by atoms with van der Waals surface area (Å²) in [6.07, 6.45) is 4.31. The molecule has 0 aliphatic carbocycles. The smallest absolute Gasteiger partial charge is 0.190 e. The van der Waals surface area contributed by atoms with Gasteiger partial charge in [-0.15, -0.1) is 10.2 Å². The normalized spacial score (nSPS) is 11.2. The van der Waals surface area contributed by atoms with E-state index in [0.717, 1.165) is 29.9 Å². The Bertz CT molecular complexity index is 285.